The van der Waals surface area contributed by atoms with Gasteiger partial charge in [-0.15, -0.1) is 0 Å². The summed E-state index contributed by atoms with van der Waals surface area (Å²) in [5, 5.41) is 3.35. The molecule has 0 bridgehead atoms. The molecule has 19 heavy (non-hydrogen) atoms. The molecule has 100 valence electrons. The number of aryl methyl sites for hydroxylation is 2. The summed E-state index contributed by atoms with van der Waals surface area (Å²) in [5.74, 6) is 0.873. The first-order valence-electron chi connectivity index (χ1n) is 6.41. The van der Waals surface area contributed by atoms with Crippen LogP contribution in [0.1, 0.15) is 28.6 Å². The predicted octanol–water partition coefficient (Wildman–Crippen LogP) is 3.02. The summed E-state index contributed by atoms with van der Waals surface area (Å²) in [6, 6.07) is 12.5. The Balaban J connectivity index is 2.37. The highest BCUT2D eigenvalue weighted by Crippen LogP contribution is 2.25. The van der Waals surface area contributed by atoms with E-state index < -0.39 is 0 Å². The van der Waals surface area contributed by atoms with Crippen LogP contribution in [0.3, 0.4) is 0 Å². The van der Waals surface area contributed by atoms with Gasteiger partial charge in [-0.25, -0.2) is 0 Å². The first kappa shape index (κ1) is 13.6. The van der Waals surface area contributed by atoms with Crippen LogP contribution in [-0.4, -0.2) is 19.1 Å². The lowest BCUT2D eigenvalue weighted by molar-refractivity contribution is 0.414. The molecule has 0 aliphatic carbocycles. The molecule has 0 fully saturated rings. The maximum Gasteiger partial charge on any atom is 0.118 e. The van der Waals surface area contributed by atoms with E-state index in [1.54, 1.807) is 7.11 Å². The zero-order chi connectivity index (χ0) is 13.8. The van der Waals surface area contributed by atoms with Gasteiger partial charge < -0.3 is 10.1 Å². The highest BCUT2D eigenvalue weighted by Gasteiger charge is 2.14. The van der Waals surface area contributed by atoms with E-state index in [-0.39, 0.29) is 6.04 Å². The Hall–Kier alpha value is -1.87. The van der Waals surface area contributed by atoms with E-state index in [2.05, 4.69) is 41.5 Å². The third kappa shape index (κ3) is 2.93. The van der Waals surface area contributed by atoms with Gasteiger partial charge in [0.2, 0.25) is 0 Å². The third-order valence-electron chi connectivity index (χ3n) is 3.31. The Morgan fingerprint density at radius 3 is 2.26 bits per heavy atom. The van der Waals surface area contributed by atoms with Crippen molar-refractivity contribution in [2.24, 2.45) is 0 Å². The fourth-order valence-corrected chi connectivity index (χ4v) is 2.30. The van der Waals surface area contributed by atoms with Gasteiger partial charge in [0.05, 0.1) is 13.2 Å². The second kappa shape index (κ2) is 5.85. The fraction of sp³-hybridized carbons (Fsp3) is 0.312. The van der Waals surface area contributed by atoms with Gasteiger partial charge in [-0.05, 0) is 50.2 Å². The van der Waals surface area contributed by atoms with Gasteiger partial charge in [0.1, 0.15) is 5.75 Å². The van der Waals surface area contributed by atoms with E-state index in [1.165, 1.54) is 11.1 Å². The Kier molecular flexibility index (Phi) is 4.17. The molecule has 3 heteroatoms. The number of nitrogens with zero attached hydrogens (tertiary/aromatic N) is 1. The molecule has 3 nitrogen and oxygen atoms in total. The van der Waals surface area contributed by atoms with Crippen molar-refractivity contribution in [2.45, 2.75) is 19.9 Å². The van der Waals surface area contributed by atoms with Gasteiger partial charge in [-0.2, -0.15) is 0 Å². The van der Waals surface area contributed by atoms with Crippen LogP contribution in [-0.2, 0) is 0 Å². The summed E-state index contributed by atoms with van der Waals surface area (Å²) in [6.45, 7) is 4.06. The molecule has 1 N–H and O–H groups in total. The van der Waals surface area contributed by atoms with E-state index in [1.807, 2.05) is 26.1 Å². The van der Waals surface area contributed by atoms with E-state index in [9.17, 15) is 0 Å². The summed E-state index contributed by atoms with van der Waals surface area (Å²) in [6.07, 6.45) is 0. The van der Waals surface area contributed by atoms with Crippen LogP contribution in [0.2, 0.25) is 0 Å². The summed E-state index contributed by atoms with van der Waals surface area (Å²) in [7, 11) is 3.65. The molecule has 1 aromatic carbocycles. The van der Waals surface area contributed by atoms with Crippen molar-refractivity contribution in [1.82, 2.24) is 10.3 Å². The topological polar surface area (TPSA) is 34.1 Å². The number of hydrogen-bond donors (Lipinski definition) is 1. The lowest BCUT2D eigenvalue weighted by atomic mass is 9.97. The average molecular weight is 256 g/mol. The first-order valence-corrected chi connectivity index (χ1v) is 6.41. The molecule has 1 unspecified atom stereocenters. The van der Waals surface area contributed by atoms with Gasteiger partial charge in [0, 0.05) is 11.4 Å². The van der Waals surface area contributed by atoms with Crippen LogP contribution in [0.4, 0.5) is 0 Å². The van der Waals surface area contributed by atoms with Gasteiger partial charge in [0.15, 0.2) is 0 Å². The predicted molar refractivity (Wildman–Crippen MR) is 77.6 cm³/mol. The number of ether oxygens (including phenoxy) is 1. The molecule has 0 radical (unpaired) electrons. The number of pyridine rings is 1. The molecular formula is C16H20N2O. The zero-order valence-corrected chi connectivity index (χ0v) is 11.9. The normalized spacial score (nSPS) is 12.2. The summed E-state index contributed by atoms with van der Waals surface area (Å²) in [5.41, 5.74) is 4.52. The second-order valence-electron chi connectivity index (χ2n) is 4.62. The number of methoxy groups -OCH3 is 1. The molecule has 1 atom stereocenters. The van der Waals surface area contributed by atoms with Gasteiger partial charge in [0.25, 0.3) is 0 Å². The van der Waals surface area contributed by atoms with Crippen LogP contribution in [0.5, 0.6) is 5.75 Å². The summed E-state index contributed by atoms with van der Waals surface area (Å²) in [4.78, 5) is 4.54. The monoisotopic (exact) mass is 256 g/mol. The van der Waals surface area contributed by atoms with Gasteiger partial charge in [-0.3, -0.25) is 4.98 Å². The summed E-state index contributed by atoms with van der Waals surface area (Å²) < 4.78 is 5.19. The SMILES string of the molecule is CNC(c1ccc(OC)cc1)c1ccc(C)nc1C. The van der Waals surface area contributed by atoms with Crippen molar-refractivity contribution in [3.8, 4) is 5.75 Å². The lowest BCUT2D eigenvalue weighted by Gasteiger charge is -2.19. The molecule has 2 aromatic rings. The van der Waals surface area contributed by atoms with Crippen LogP contribution < -0.4 is 10.1 Å². The van der Waals surface area contributed by atoms with Gasteiger partial charge in [-0.1, -0.05) is 18.2 Å². The molecule has 0 amide bonds. The minimum atomic E-state index is 0.152. The molecule has 0 saturated carbocycles. The molecule has 1 heterocycles. The van der Waals surface area contributed by atoms with Crippen LogP contribution in [0.25, 0.3) is 0 Å². The number of rotatable bonds is 4. The average Bonchev–Trinajstić information content (AvgIpc) is 2.42. The largest absolute Gasteiger partial charge is 0.497 e. The molecule has 2 rings (SSSR count). The van der Waals surface area contributed by atoms with Crippen LogP contribution in [0.15, 0.2) is 36.4 Å². The van der Waals surface area contributed by atoms with Crippen LogP contribution in [0, 0.1) is 13.8 Å². The quantitative estimate of drug-likeness (QED) is 0.913. The number of aromatic nitrogens is 1. The second-order valence-corrected chi connectivity index (χ2v) is 4.62. The number of hydrogen-bond acceptors (Lipinski definition) is 3. The lowest BCUT2D eigenvalue weighted by Crippen LogP contribution is -2.19. The molecule has 0 saturated heterocycles. The highest BCUT2D eigenvalue weighted by molar-refractivity contribution is 5.37. The number of nitrogens with one attached hydrogen (secondary N) is 1. The third-order valence-corrected chi connectivity index (χ3v) is 3.31. The Labute approximate surface area is 114 Å². The van der Waals surface area contributed by atoms with Crippen molar-refractivity contribution in [1.29, 1.82) is 0 Å². The fourth-order valence-electron chi connectivity index (χ4n) is 2.30. The smallest absolute Gasteiger partial charge is 0.118 e. The molecular weight excluding hydrogens is 236 g/mol. The Bertz CT molecular complexity index is 549. The van der Waals surface area contributed by atoms with E-state index >= 15 is 0 Å². The zero-order valence-electron chi connectivity index (χ0n) is 11.9. The van der Waals surface area contributed by atoms with Crippen molar-refractivity contribution in [3.05, 3.63) is 58.9 Å². The minimum absolute atomic E-state index is 0.152. The maximum atomic E-state index is 5.19. The van der Waals surface area contributed by atoms with Crippen molar-refractivity contribution in [2.75, 3.05) is 14.2 Å². The Morgan fingerprint density at radius 1 is 1.05 bits per heavy atom. The molecule has 0 aliphatic rings. The van der Waals surface area contributed by atoms with Crippen LogP contribution >= 0.6 is 0 Å². The van der Waals surface area contributed by atoms with E-state index in [4.69, 9.17) is 4.74 Å². The standard InChI is InChI=1S/C16H20N2O/c1-11-5-10-15(12(2)18-11)16(17-3)13-6-8-14(19-4)9-7-13/h5-10,16-17H,1-4H3. The summed E-state index contributed by atoms with van der Waals surface area (Å²) >= 11 is 0. The minimum Gasteiger partial charge on any atom is -0.497 e. The van der Waals surface area contributed by atoms with Crippen molar-refractivity contribution < 1.29 is 4.74 Å². The molecule has 0 spiro atoms. The molecule has 1 aromatic heterocycles. The van der Waals surface area contributed by atoms with Gasteiger partial charge >= 0.3 is 0 Å². The van der Waals surface area contributed by atoms with Crippen molar-refractivity contribution in [3.63, 3.8) is 0 Å². The maximum absolute atomic E-state index is 5.19. The number of benzene rings is 1. The highest BCUT2D eigenvalue weighted by atomic mass is 16.5. The molecule has 0 aliphatic heterocycles. The Morgan fingerprint density at radius 2 is 1.74 bits per heavy atom. The van der Waals surface area contributed by atoms with E-state index in [0.29, 0.717) is 0 Å². The van der Waals surface area contributed by atoms with Crippen molar-refractivity contribution >= 4 is 0 Å². The van der Waals surface area contributed by atoms with E-state index in [0.717, 1.165) is 17.1 Å². The first-order chi connectivity index (χ1) is 9.15.